The third-order valence-electron chi connectivity index (χ3n) is 3.16. The molecule has 8 nitrogen and oxygen atoms in total. The molecule has 9 heteroatoms. The zero-order valence-electron chi connectivity index (χ0n) is 13.0. The molecule has 2 aromatic heterocycles. The number of ether oxygens (including phenoxy) is 1. The summed E-state index contributed by atoms with van der Waals surface area (Å²) in [5.41, 5.74) is 0.836. The largest absolute Gasteiger partial charge is 0.465 e. The fraction of sp³-hybridized carbons (Fsp3) is 0.267. The van der Waals surface area contributed by atoms with Crippen LogP contribution in [0.5, 0.6) is 0 Å². The van der Waals surface area contributed by atoms with Crippen LogP contribution in [-0.4, -0.2) is 37.8 Å². The number of carbonyl (C=O) groups excluding carboxylic acids is 2. The van der Waals surface area contributed by atoms with Gasteiger partial charge in [0, 0.05) is 0 Å². The first-order valence-corrected chi connectivity index (χ1v) is 8.13. The van der Waals surface area contributed by atoms with Crippen LogP contribution < -0.4 is 4.80 Å². The lowest BCUT2D eigenvalue weighted by atomic mass is 10.3. The zero-order chi connectivity index (χ0) is 16.9. The Bertz CT molecular complexity index is 926. The lowest BCUT2D eigenvalue weighted by Crippen LogP contribution is -2.23. The number of aromatic nitrogens is 4. The van der Waals surface area contributed by atoms with Crippen molar-refractivity contribution in [3.05, 3.63) is 41.7 Å². The maximum Gasteiger partial charge on any atom is 0.326 e. The van der Waals surface area contributed by atoms with E-state index in [-0.39, 0.29) is 25.0 Å². The number of nitrogens with zero attached hydrogens (tertiary/aromatic N) is 5. The number of benzene rings is 1. The summed E-state index contributed by atoms with van der Waals surface area (Å²) in [6.45, 7) is 2.06. The molecule has 24 heavy (non-hydrogen) atoms. The van der Waals surface area contributed by atoms with Gasteiger partial charge in [-0.1, -0.05) is 23.5 Å². The van der Waals surface area contributed by atoms with Crippen molar-refractivity contribution >= 4 is 33.4 Å². The maximum atomic E-state index is 12.1. The maximum absolute atomic E-state index is 12.1. The van der Waals surface area contributed by atoms with E-state index < -0.39 is 0 Å². The first kappa shape index (κ1) is 16.1. The Morgan fingerprint density at radius 2 is 2.12 bits per heavy atom. The summed E-state index contributed by atoms with van der Waals surface area (Å²) in [4.78, 5) is 32.4. The number of carbonyl (C=O) groups is 2. The quantitative estimate of drug-likeness (QED) is 0.643. The molecular weight excluding hydrogens is 330 g/mol. The second-order valence-corrected chi connectivity index (χ2v) is 5.85. The Morgan fingerprint density at radius 1 is 1.29 bits per heavy atom. The van der Waals surface area contributed by atoms with Gasteiger partial charge in [0.1, 0.15) is 25.7 Å². The van der Waals surface area contributed by atoms with E-state index in [1.807, 2.05) is 24.3 Å². The van der Waals surface area contributed by atoms with Crippen LogP contribution in [0, 0.1) is 0 Å². The van der Waals surface area contributed by atoms with Gasteiger partial charge in [-0.2, -0.15) is 10.1 Å². The lowest BCUT2D eigenvalue weighted by molar-refractivity contribution is -0.143. The predicted molar refractivity (Wildman–Crippen MR) is 87.0 cm³/mol. The molecule has 2 heterocycles. The van der Waals surface area contributed by atoms with Gasteiger partial charge in [0.25, 0.3) is 5.91 Å². The fourth-order valence-corrected chi connectivity index (χ4v) is 3.24. The van der Waals surface area contributed by atoms with E-state index in [1.54, 1.807) is 11.5 Å². The van der Waals surface area contributed by atoms with E-state index in [0.717, 1.165) is 10.2 Å². The topological polar surface area (TPSA) is 91.4 Å². The van der Waals surface area contributed by atoms with Gasteiger partial charge in [-0.25, -0.2) is 9.67 Å². The molecular formula is C15H15N5O3S. The SMILES string of the molecule is CCOC(=O)Cn1c(=NC(=O)Cn2cncn2)sc2ccccc21. The molecule has 0 fully saturated rings. The smallest absolute Gasteiger partial charge is 0.326 e. The molecule has 0 saturated carbocycles. The van der Waals surface area contributed by atoms with Crippen LogP contribution in [0.2, 0.25) is 0 Å². The van der Waals surface area contributed by atoms with Gasteiger partial charge >= 0.3 is 5.97 Å². The summed E-state index contributed by atoms with van der Waals surface area (Å²) in [5.74, 6) is -0.740. The first-order chi connectivity index (χ1) is 11.7. The number of thiazole rings is 1. The van der Waals surface area contributed by atoms with E-state index >= 15 is 0 Å². The minimum Gasteiger partial charge on any atom is -0.465 e. The highest BCUT2D eigenvalue weighted by Crippen LogP contribution is 2.16. The third-order valence-corrected chi connectivity index (χ3v) is 4.22. The first-order valence-electron chi connectivity index (χ1n) is 7.31. The zero-order valence-corrected chi connectivity index (χ0v) is 13.8. The van der Waals surface area contributed by atoms with E-state index in [9.17, 15) is 9.59 Å². The number of hydrogen-bond donors (Lipinski definition) is 0. The van der Waals surface area contributed by atoms with Crippen LogP contribution in [0.3, 0.4) is 0 Å². The van der Waals surface area contributed by atoms with Gasteiger partial charge in [0.05, 0.1) is 16.8 Å². The van der Waals surface area contributed by atoms with E-state index in [1.165, 1.54) is 28.7 Å². The predicted octanol–water partition coefficient (Wildman–Crippen LogP) is 0.985. The highest BCUT2D eigenvalue weighted by atomic mass is 32.1. The van der Waals surface area contributed by atoms with Crippen molar-refractivity contribution in [1.29, 1.82) is 0 Å². The van der Waals surface area contributed by atoms with Gasteiger partial charge in [-0.15, -0.1) is 0 Å². The van der Waals surface area contributed by atoms with Crippen molar-refractivity contribution in [2.45, 2.75) is 20.0 Å². The van der Waals surface area contributed by atoms with Crippen molar-refractivity contribution in [3.8, 4) is 0 Å². The molecule has 0 aliphatic carbocycles. The van der Waals surface area contributed by atoms with Crippen LogP contribution in [0.4, 0.5) is 0 Å². The third kappa shape index (κ3) is 3.57. The Labute approximate surface area is 141 Å². The molecule has 0 saturated heterocycles. The van der Waals surface area contributed by atoms with E-state index in [4.69, 9.17) is 4.74 Å². The number of rotatable bonds is 5. The molecule has 3 aromatic rings. The molecule has 0 radical (unpaired) electrons. The molecule has 0 unspecified atom stereocenters. The molecule has 1 aromatic carbocycles. The van der Waals surface area contributed by atoms with Crippen molar-refractivity contribution in [2.75, 3.05) is 6.61 Å². The number of fused-ring (bicyclic) bond motifs is 1. The summed E-state index contributed by atoms with van der Waals surface area (Å²) in [6.07, 6.45) is 2.80. The van der Waals surface area contributed by atoms with Crippen LogP contribution in [0.25, 0.3) is 10.2 Å². The fourth-order valence-electron chi connectivity index (χ4n) is 2.19. The van der Waals surface area contributed by atoms with Gasteiger partial charge in [0.2, 0.25) is 0 Å². The summed E-state index contributed by atoms with van der Waals surface area (Å²) in [5, 5.41) is 3.88. The molecule has 124 valence electrons. The van der Waals surface area contributed by atoms with Crippen LogP contribution in [-0.2, 0) is 27.4 Å². The minimum atomic E-state index is -0.371. The summed E-state index contributed by atoms with van der Waals surface area (Å²) >= 11 is 1.35. The minimum absolute atomic E-state index is 0.00630. The Morgan fingerprint density at radius 3 is 2.88 bits per heavy atom. The van der Waals surface area contributed by atoms with Crippen molar-refractivity contribution in [1.82, 2.24) is 19.3 Å². The Kier molecular flexibility index (Phi) is 4.80. The summed E-state index contributed by atoms with van der Waals surface area (Å²) in [6, 6.07) is 7.57. The molecule has 1 amide bonds. The molecule has 3 rings (SSSR count). The standard InChI is InChI=1S/C15H15N5O3S/c1-2-23-14(22)8-20-11-5-3-4-6-12(11)24-15(20)18-13(21)7-19-10-16-9-17-19/h3-6,9-10H,2,7-8H2,1H3. The second kappa shape index (κ2) is 7.18. The van der Waals surface area contributed by atoms with Crippen molar-refractivity contribution in [2.24, 2.45) is 4.99 Å². The highest BCUT2D eigenvalue weighted by Gasteiger charge is 2.12. The molecule has 0 N–H and O–H groups in total. The second-order valence-electron chi connectivity index (χ2n) is 4.84. The van der Waals surface area contributed by atoms with Crippen LogP contribution >= 0.6 is 11.3 Å². The van der Waals surface area contributed by atoms with Crippen molar-refractivity contribution < 1.29 is 14.3 Å². The molecule has 0 aliphatic rings. The molecule has 0 aliphatic heterocycles. The van der Waals surface area contributed by atoms with Gasteiger partial charge in [-0.05, 0) is 19.1 Å². The summed E-state index contributed by atoms with van der Waals surface area (Å²) in [7, 11) is 0. The highest BCUT2D eigenvalue weighted by molar-refractivity contribution is 7.16. The normalized spacial score (nSPS) is 11.8. The van der Waals surface area contributed by atoms with Crippen molar-refractivity contribution in [3.63, 3.8) is 0 Å². The number of hydrogen-bond acceptors (Lipinski definition) is 6. The lowest BCUT2D eigenvalue weighted by Gasteiger charge is -2.04. The molecule has 0 atom stereocenters. The van der Waals surface area contributed by atoms with E-state index in [0.29, 0.717) is 11.4 Å². The van der Waals surface area contributed by atoms with E-state index in [2.05, 4.69) is 15.1 Å². The molecule has 0 bridgehead atoms. The average molecular weight is 345 g/mol. The van der Waals surface area contributed by atoms with Crippen LogP contribution in [0.1, 0.15) is 6.92 Å². The number of para-hydroxylation sites is 1. The average Bonchev–Trinajstić information content (AvgIpc) is 3.16. The van der Waals surface area contributed by atoms with Crippen LogP contribution in [0.15, 0.2) is 41.9 Å². The van der Waals surface area contributed by atoms with Gasteiger partial charge in [0.15, 0.2) is 4.80 Å². The number of amides is 1. The molecule has 0 spiro atoms. The summed E-state index contributed by atoms with van der Waals surface area (Å²) < 4.78 is 9.03. The van der Waals surface area contributed by atoms with Gasteiger partial charge in [-0.3, -0.25) is 9.59 Å². The van der Waals surface area contributed by atoms with Gasteiger partial charge < -0.3 is 9.30 Å². The Hall–Kier alpha value is -2.81. The Balaban J connectivity index is 1.97. The number of esters is 1. The monoisotopic (exact) mass is 345 g/mol.